The standard InChI is InChI=1S/C13H16N4O3S/c1-9-13(17(18)19)10(2)16(15-9)8-11-4-6-12(7-5-11)21(3,14)20/h4-7,14H,8H2,1-3H3. The van der Waals surface area contributed by atoms with Crippen LogP contribution in [-0.2, 0) is 16.3 Å². The molecule has 21 heavy (non-hydrogen) atoms. The number of rotatable bonds is 4. The number of nitrogens with zero attached hydrogens (tertiary/aromatic N) is 3. The summed E-state index contributed by atoms with van der Waals surface area (Å²) in [4.78, 5) is 11.0. The Morgan fingerprint density at radius 2 is 1.90 bits per heavy atom. The van der Waals surface area contributed by atoms with Crippen LogP contribution in [-0.4, -0.2) is 25.2 Å². The summed E-state index contributed by atoms with van der Waals surface area (Å²) in [6.07, 6.45) is 1.37. The van der Waals surface area contributed by atoms with E-state index in [-0.39, 0.29) is 5.69 Å². The summed E-state index contributed by atoms with van der Waals surface area (Å²) >= 11 is 0. The first-order valence-corrected chi connectivity index (χ1v) is 8.18. The summed E-state index contributed by atoms with van der Waals surface area (Å²) in [6, 6.07) is 6.81. The Bertz CT molecular complexity index is 792. The Hall–Kier alpha value is -2.22. The van der Waals surface area contributed by atoms with Gasteiger partial charge in [0, 0.05) is 11.2 Å². The first-order valence-electron chi connectivity index (χ1n) is 6.21. The van der Waals surface area contributed by atoms with E-state index >= 15 is 0 Å². The molecular weight excluding hydrogens is 292 g/mol. The van der Waals surface area contributed by atoms with Crippen molar-refractivity contribution in [3.8, 4) is 0 Å². The molecule has 1 atom stereocenters. The van der Waals surface area contributed by atoms with Crippen LogP contribution in [0.15, 0.2) is 29.2 Å². The van der Waals surface area contributed by atoms with Crippen molar-refractivity contribution in [3.05, 3.63) is 51.3 Å². The molecule has 0 saturated heterocycles. The Morgan fingerprint density at radius 1 is 1.33 bits per heavy atom. The minimum Gasteiger partial charge on any atom is -0.258 e. The van der Waals surface area contributed by atoms with Gasteiger partial charge in [-0.1, -0.05) is 12.1 Å². The number of hydrogen-bond acceptors (Lipinski definition) is 5. The highest BCUT2D eigenvalue weighted by Crippen LogP contribution is 2.22. The van der Waals surface area contributed by atoms with Crippen molar-refractivity contribution >= 4 is 15.4 Å². The second kappa shape index (κ2) is 5.28. The van der Waals surface area contributed by atoms with Crippen molar-refractivity contribution < 1.29 is 9.13 Å². The third-order valence-electron chi connectivity index (χ3n) is 3.23. The smallest absolute Gasteiger partial charge is 0.258 e. The number of nitrogens with one attached hydrogen (secondary N) is 1. The quantitative estimate of drug-likeness (QED) is 0.692. The van der Waals surface area contributed by atoms with Gasteiger partial charge in [0.05, 0.1) is 21.2 Å². The lowest BCUT2D eigenvalue weighted by Crippen LogP contribution is -2.05. The van der Waals surface area contributed by atoms with E-state index < -0.39 is 14.7 Å². The second-order valence-electron chi connectivity index (χ2n) is 4.92. The minimum atomic E-state index is -2.73. The SMILES string of the molecule is Cc1nn(Cc2ccc(S(C)(=N)=O)cc2)c(C)c1[N+](=O)[O-]. The van der Waals surface area contributed by atoms with Gasteiger partial charge in [-0.05, 0) is 31.5 Å². The lowest BCUT2D eigenvalue weighted by atomic mass is 10.2. The Morgan fingerprint density at radius 3 is 2.33 bits per heavy atom. The normalized spacial score (nSPS) is 13.9. The van der Waals surface area contributed by atoms with Crippen LogP contribution in [0.2, 0.25) is 0 Å². The summed E-state index contributed by atoms with van der Waals surface area (Å²) in [6.45, 7) is 3.66. The fourth-order valence-electron chi connectivity index (χ4n) is 2.13. The first kappa shape index (κ1) is 15.2. The Kier molecular flexibility index (Phi) is 3.82. The van der Waals surface area contributed by atoms with Gasteiger partial charge in [0.25, 0.3) is 0 Å². The van der Waals surface area contributed by atoms with Crippen molar-refractivity contribution in [2.24, 2.45) is 0 Å². The zero-order chi connectivity index (χ0) is 15.8. The predicted molar refractivity (Wildman–Crippen MR) is 79.0 cm³/mol. The minimum absolute atomic E-state index is 0.0364. The molecule has 1 N–H and O–H groups in total. The van der Waals surface area contributed by atoms with Crippen LogP contribution in [0.1, 0.15) is 17.0 Å². The summed E-state index contributed by atoms with van der Waals surface area (Å²) in [5.74, 6) is 0. The highest BCUT2D eigenvalue weighted by Gasteiger charge is 2.21. The van der Waals surface area contributed by atoms with Crippen molar-refractivity contribution in [1.29, 1.82) is 4.78 Å². The van der Waals surface area contributed by atoms with Crippen LogP contribution in [0.25, 0.3) is 0 Å². The van der Waals surface area contributed by atoms with Gasteiger partial charge in [-0.2, -0.15) is 5.10 Å². The fraction of sp³-hybridized carbons (Fsp3) is 0.308. The molecule has 0 radical (unpaired) electrons. The maximum absolute atomic E-state index is 11.6. The van der Waals surface area contributed by atoms with Crippen LogP contribution >= 0.6 is 0 Å². The average molecular weight is 308 g/mol. The van der Waals surface area contributed by atoms with Gasteiger partial charge in [-0.25, -0.2) is 8.99 Å². The van der Waals surface area contributed by atoms with Crippen LogP contribution < -0.4 is 0 Å². The number of hydrogen-bond donors (Lipinski definition) is 1. The summed E-state index contributed by atoms with van der Waals surface area (Å²) in [5, 5.41) is 15.1. The van der Waals surface area contributed by atoms with Gasteiger partial charge in [0.1, 0.15) is 11.4 Å². The lowest BCUT2D eigenvalue weighted by Gasteiger charge is -2.06. The average Bonchev–Trinajstić information content (AvgIpc) is 2.64. The molecule has 0 spiro atoms. The van der Waals surface area contributed by atoms with Gasteiger partial charge in [-0.15, -0.1) is 0 Å². The third kappa shape index (κ3) is 3.10. The van der Waals surface area contributed by atoms with E-state index in [1.165, 1.54) is 6.26 Å². The molecule has 8 heteroatoms. The molecule has 0 aliphatic rings. The zero-order valence-electron chi connectivity index (χ0n) is 12.0. The largest absolute Gasteiger partial charge is 0.312 e. The predicted octanol–water partition coefficient (Wildman–Crippen LogP) is 2.49. The summed E-state index contributed by atoms with van der Waals surface area (Å²) in [5.41, 5.74) is 1.80. The van der Waals surface area contributed by atoms with Gasteiger partial charge in [-0.3, -0.25) is 14.8 Å². The molecule has 1 unspecified atom stereocenters. The number of aryl methyl sites for hydroxylation is 1. The lowest BCUT2D eigenvalue weighted by molar-refractivity contribution is -0.386. The summed E-state index contributed by atoms with van der Waals surface area (Å²) < 4.78 is 20.7. The highest BCUT2D eigenvalue weighted by atomic mass is 32.2. The van der Waals surface area contributed by atoms with Gasteiger partial charge in [0.2, 0.25) is 0 Å². The van der Waals surface area contributed by atoms with Crippen molar-refractivity contribution in [3.63, 3.8) is 0 Å². The molecule has 0 bridgehead atoms. The van der Waals surface area contributed by atoms with Crippen LogP contribution in [0.3, 0.4) is 0 Å². The molecule has 1 aromatic carbocycles. The van der Waals surface area contributed by atoms with Crippen molar-refractivity contribution in [2.45, 2.75) is 25.3 Å². The van der Waals surface area contributed by atoms with E-state index in [9.17, 15) is 14.3 Å². The van der Waals surface area contributed by atoms with E-state index in [1.807, 2.05) is 0 Å². The third-order valence-corrected chi connectivity index (χ3v) is 4.40. The van der Waals surface area contributed by atoms with E-state index in [0.717, 1.165) is 5.56 Å². The van der Waals surface area contributed by atoms with E-state index in [0.29, 0.717) is 22.8 Å². The van der Waals surface area contributed by atoms with Crippen molar-refractivity contribution in [1.82, 2.24) is 9.78 Å². The molecule has 1 heterocycles. The number of aromatic nitrogens is 2. The van der Waals surface area contributed by atoms with Gasteiger partial charge >= 0.3 is 5.69 Å². The molecule has 112 valence electrons. The molecule has 0 aliphatic heterocycles. The Balaban J connectivity index is 2.31. The van der Waals surface area contributed by atoms with Gasteiger partial charge < -0.3 is 0 Å². The molecule has 2 aromatic rings. The Labute approximate surface area is 122 Å². The first-order chi connectivity index (χ1) is 9.70. The number of benzene rings is 1. The molecule has 0 saturated carbocycles. The van der Waals surface area contributed by atoms with E-state index in [4.69, 9.17) is 4.78 Å². The molecular formula is C13H16N4O3S. The monoisotopic (exact) mass is 308 g/mol. The van der Waals surface area contributed by atoms with Crippen LogP contribution in [0, 0.1) is 28.7 Å². The maximum atomic E-state index is 11.6. The summed E-state index contributed by atoms with van der Waals surface area (Å²) in [7, 11) is -2.73. The molecule has 1 aromatic heterocycles. The van der Waals surface area contributed by atoms with Crippen LogP contribution in [0.4, 0.5) is 5.69 Å². The van der Waals surface area contributed by atoms with E-state index in [2.05, 4.69) is 5.10 Å². The topological polar surface area (TPSA) is 102 Å². The van der Waals surface area contributed by atoms with E-state index in [1.54, 1.807) is 42.8 Å². The highest BCUT2D eigenvalue weighted by molar-refractivity contribution is 7.91. The molecule has 0 fully saturated rings. The van der Waals surface area contributed by atoms with Crippen LogP contribution in [0.5, 0.6) is 0 Å². The molecule has 0 aliphatic carbocycles. The fourth-order valence-corrected chi connectivity index (χ4v) is 2.79. The molecule has 7 nitrogen and oxygen atoms in total. The number of nitro groups is 1. The van der Waals surface area contributed by atoms with Crippen molar-refractivity contribution in [2.75, 3.05) is 6.26 Å². The maximum Gasteiger partial charge on any atom is 0.312 e. The molecule has 2 rings (SSSR count). The second-order valence-corrected chi connectivity index (χ2v) is 7.08. The zero-order valence-corrected chi connectivity index (χ0v) is 12.8. The molecule has 0 amide bonds. The van der Waals surface area contributed by atoms with Gasteiger partial charge in [0.15, 0.2) is 0 Å².